The number of allylic oxidation sites excluding steroid dienone is 3. The third-order valence-corrected chi connectivity index (χ3v) is 4.82. The molecule has 0 saturated carbocycles. The quantitative estimate of drug-likeness (QED) is 0.384. The van der Waals surface area contributed by atoms with Crippen molar-refractivity contribution in [2.45, 2.75) is 19.9 Å². The van der Waals surface area contributed by atoms with Gasteiger partial charge in [-0.3, -0.25) is 4.79 Å². The molecule has 0 saturated heterocycles. The Morgan fingerprint density at radius 2 is 2.14 bits per heavy atom. The minimum absolute atomic E-state index is 0.0980. The van der Waals surface area contributed by atoms with Gasteiger partial charge in [-0.1, -0.05) is 6.07 Å². The average Bonchev–Trinajstić information content (AvgIpc) is 3.29. The number of aliphatic imine (C=N–C) groups is 1. The number of carbonyl (C=O) groups is 1. The Bertz CT molecular complexity index is 1170. The van der Waals surface area contributed by atoms with Gasteiger partial charge in [0.1, 0.15) is 29.6 Å². The van der Waals surface area contributed by atoms with Crippen molar-refractivity contribution in [2.75, 3.05) is 11.9 Å². The van der Waals surface area contributed by atoms with Crippen LogP contribution in [0.5, 0.6) is 0 Å². The third-order valence-electron chi connectivity index (χ3n) is 4.82. The summed E-state index contributed by atoms with van der Waals surface area (Å²) in [6, 6.07) is 5.73. The van der Waals surface area contributed by atoms with E-state index in [2.05, 4.69) is 20.0 Å². The molecule has 0 unspecified atom stereocenters. The molecule has 3 heterocycles. The Morgan fingerprint density at radius 3 is 2.93 bits per heavy atom. The highest BCUT2D eigenvalue weighted by atomic mass is 16.3. The van der Waals surface area contributed by atoms with E-state index in [9.17, 15) is 9.90 Å². The largest absolute Gasteiger partial charge is 0.505 e. The number of rotatable bonds is 6. The Hall–Kier alpha value is -3.68. The van der Waals surface area contributed by atoms with Crippen LogP contribution in [-0.4, -0.2) is 37.3 Å². The van der Waals surface area contributed by atoms with Crippen LogP contribution in [0.25, 0.3) is 5.52 Å². The van der Waals surface area contributed by atoms with Gasteiger partial charge in [0.25, 0.3) is 0 Å². The predicted molar refractivity (Wildman–Crippen MR) is 110 cm³/mol. The summed E-state index contributed by atoms with van der Waals surface area (Å²) in [5, 5.41) is 18.3. The lowest BCUT2D eigenvalue weighted by Crippen LogP contribution is -2.23. The van der Waals surface area contributed by atoms with Crippen molar-refractivity contribution in [3.05, 3.63) is 66.6 Å². The lowest BCUT2D eigenvalue weighted by molar-refractivity contribution is -0.671. The third kappa shape index (κ3) is 3.82. The van der Waals surface area contributed by atoms with Crippen LogP contribution in [0.1, 0.15) is 13.3 Å². The summed E-state index contributed by atoms with van der Waals surface area (Å²) in [5.74, 6) is 0.329. The maximum Gasteiger partial charge on any atom is 0.243 e. The Morgan fingerprint density at radius 1 is 1.28 bits per heavy atom. The second-order valence-electron chi connectivity index (χ2n) is 6.99. The summed E-state index contributed by atoms with van der Waals surface area (Å²) in [4.78, 5) is 16.4. The van der Waals surface area contributed by atoms with Crippen molar-refractivity contribution in [2.24, 2.45) is 12.0 Å². The molecule has 0 atom stereocenters. The minimum atomic E-state index is -0.210. The molecule has 0 bridgehead atoms. The van der Waals surface area contributed by atoms with Crippen LogP contribution in [0.3, 0.4) is 0 Å². The summed E-state index contributed by atoms with van der Waals surface area (Å²) >= 11 is 0. The van der Waals surface area contributed by atoms with E-state index in [1.54, 1.807) is 11.4 Å². The Balaban J connectivity index is 1.59. The number of nitrogens with zero attached hydrogens (tertiary/aromatic N) is 5. The predicted octanol–water partition coefficient (Wildman–Crippen LogP) is 2.51. The summed E-state index contributed by atoms with van der Waals surface area (Å²) in [6.07, 6.45) is 11.8. The van der Waals surface area contributed by atoms with Gasteiger partial charge in [0, 0.05) is 24.7 Å². The van der Waals surface area contributed by atoms with Crippen LogP contribution < -0.4 is 9.88 Å². The second kappa shape index (κ2) is 7.75. The standard InChI is InChI=1S/C21H22N6O2/c1-15-18(28)8-7-16(20(15)29)23-19-17-6-3-4-11-27(17)24-21(19)22-9-5-10-26-13-12-25(2)14-26/h3-4,6-8,11-14H,5,9-10H2,1-2H3,(H-,22,24,28,29)/p+1. The summed E-state index contributed by atoms with van der Waals surface area (Å²) < 4.78 is 5.88. The molecular weight excluding hydrogens is 368 g/mol. The smallest absolute Gasteiger partial charge is 0.243 e. The van der Waals surface area contributed by atoms with Crippen LogP contribution >= 0.6 is 0 Å². The van der Waals surface area contributed by atoms with E-state index in [4.69, 9.17) is 0 Å². The zero-order valence-corrected chi connectivity index (χ0v) is 16.4. The fourth-order valence-electron chi connectivity index (χ4n) is 3.20. The zero-order chi connectivity index (χ0) is 20.4. The number of pyridine rings is 1. The van der Waals surface area contributed by atoms with Gasteiger partial charge in [0.2, 0.25) is 6.33 Å². The number of aliphatic hydroxyl groups is 1. The lowest BCUT2D eigenvalue weighted by atomic mass is 10.0. The first-order chi connectivity index (χ1) is 14.0. The molecule has 3 aromatic heterocycles. The number of anilines is 1. The van der Waals surface area contributed by atoms with Crippen molar-refractivity contribution in [3.8, 4) is 0 Å². The van der Waals surface area contributed by atoms with Gasteiger partial charge < -0.3 is 10.4 Å². The highest BCUT2D eigenvalue weighted by Crippen LogP contribution is 2.31. The maximum atomic E-state index is 11.7. The van der Waals surface area contributed by atoms with Crippen molar-refractivity contribution < 1.29 is 14.5 Å². The van der Waals surface area contributed by atoms with E-state index in [0.717, 1.165) is 25.0 Å². The molecule has 8 nitrogen and oxygen atoms in total. The molecule has 2 N–H and O–H groups in total. The molecule has 0 aromatic carbocycles. The molecule has 3 aromatic rings. The van der Waals surface area contributed by atoms with Gasteiger partial charge >= 0.3 is 0 Å². The van der Waals surface area contributed by atoms with E-state index in [1.807, 2.05) is 54.7 Å². The summed E-state index contributed by atoms with van der Waals surface area (Å²) in [7, 11) is 2.00. The SMILES string of the molecule is CC1=C(O)C(=Nc2c(NCCCn3cc[n+](C)c3)nn3ccccc23)C=CC1=O. The highest BCUT2D eigenvalue weighted by molar-refractivity contribution is 6.21. The Kier molecular flexibility index (Phi) is 4.99. The number of aryl methyl sites for hydroxylation is 2. The molecular formula is C21H23N6O2+. The first kappa shape index (κ1) is 18.7. The maximum absolute atomic E-state index is 11.7. The molecule has 8 heteroatoms. The molecule has 148 valence electrons. The van der Waals surface area contributed by atoms with E-state index >= 15 is 0 Å². The number of aromatic nitrogens is 4. The molecule has 1 aliphatic rings. The fraction of sp³-hybridized carbons (Fsp3) is 0.238. The first-order valence-corrected chi connectivity index (χ1v) is 9.46. The lowest BCUT2D eigenvalue weighted by Gasteiger charge is -2.09. The highest BCUT2D eigenvalue weighted by Gasteiger charge is 2.19. The van der Waals surface area contributed by atoms with Gasteiger partial charge in [0.15, 0.2) is 11.6 Å². The number of hydrogen-bond acceptors (Lipinski definition) is 5. The number of ketones is 1. The van der Waals surface area contributed by atoms with Crippen molar-refractivity contribution in [3.63, 3.8) is 0 Å². The van der Waals surface area contributed by atoms with Gasteiger partial charge in [-0.2, -0.15) is 0 Å². The minimum Gasteiger partial charge on any atom is -0.505 e. The first-order valence-electron chi connectivity index (χ1n) is 9.46. The van der Waals surface area contributed by atoms with Gasteiger partial charge in [-0.15, -0.1) is 5.10 Å². The molecule has 0 radical (unpaired) electrons. The molecule has 0 fully saturated rings. The van der Waals surface area contributed by atoms with Crippen molar-refractivity contribution >= 4 is 28.5 Å². The Labute approximate surface area is 168 Å². The van der Waals surface area contributed by atoms with Crippen LogP contribution in [0.2, 0.25) is 0 Å². The van der Waals surface area contributed by atoms with E-state index in [1.165, 1.54) is 12.2 Å². The molecule has 29 heavy (non-hydrogen) atoms. The number of nitrogens with one attached hydrogen (secondary N) is 1. The number of fused-ring (bicyclic) bond motifs is 1. The topological polar surface area (TPSA) is 87.8 Å². The van der Waals surface area contributed by atoms with Gasteiger partial charge in [-0.25, -0.2) is 18.6 Å². The number of carbonyl (C=O) groups excluding carboxylic acids is 1. The number of imidazole rings is 1. The number of aliphatic hydroxyl groups excluding tert-OH is 1. The van der Waals surface area contributed by atoms with Gasteiger partial charge in [0.05, 0.1) is 19.1 Å². The second-order valence-corrected chi connectivity index (χ2v) is 6.99. The zero-order valence-electron chi connectivity index (χ0n) is 16.4. The van der Waals surface area contributed by atoms with Crippen LogP contribution in [0, 0.1) is 0 Å². The van der Waals surface area contributed by atoms with Crippen LogP contribution in [-0.2, 0) is 18.4 Å². The number of hydrogen-bond donors (Lipinski definition) is 2. The summed E-state index contributed by atoms with van der Waals surface area (Å²) in [5.41, 5.74) is 2.09. The normalized spacial score (nSPS) is 15.7. The van der Waals surface area contributed by atoms with E-state index < -0.39 is 0 Å². The molecule has 1 aliphatic carbocycles. The van der Waals surface area contributed by atoms with Gasteiger partial charge in [-0.05, 0) is 31.2 Å². The summed E-state index contributed by atoms with van der Waals surface area (Å²) in [6.45, 7) is 3.20. The molecule has 0 amide bonds. The fourth-order valence-corrected chi connectivity index (χ4v) is 3.20. The molecule has 0 spiro atoms. The van der Waals surface area contributed by atoms with E-state index in [0.29, 0.717) is 17.2 Å². The van der Waals surface area contributed by atoms with Crippen molar-refractivity contribution in [1.82, 2.24) is 14.2 Å². The van der Waals surface area contributed by atoms with Crippen LogP contribution in [0.15, 0.2) is 71.6 Å². The molecule has 0 aliphatic heterocycles. The molecule has 4 rings (SSSR count). The van der Waals surface area contributed by atoms with Crippen LogP contribution in [0.4, 0.5) is 11.5 Å². The average molecular weight is 391 g/mol. The monoisotopic (exact) mass is 391 g/mol. The van der Waals surface area contributed by atoms with Crippen molar-refractivity contribution in [1.29, 1.82) is 0 Å². The van der Waals surface area contributed by atoms with E-state index in [-0.39, 0.29) is 17.1 Å².